The van der Waals surface area contributed by atoms with Crippen LogP contribution in [0.2, 0.25) is 0 Å². The van der Waals surface area contributed by atoms with Crippen molar-refractivity contribution < 1.29 is 9.21 Å². The van der Waals surface area contributed by atoms with Gasteiger partial charge >= 0.3 is 12.0 Å². The van der Waals surface area contributed by atoms with E-state index in [4.69, 9.17) is 4.42 Å². The molecule has 1 fully saturated rings. The van der Waals surface area contributed by atoms with Gasteiger partial charge in [-0.3, -0.25) is 0 Å². The first-order valence-electron chi connectivity index (χ1n) is 7.70. The summed E-state index contributed by atoms with van der Waals surface area (Å²) in [5, 5.41) is 11.0. The lowest BCUT2D eigenvalue weighted by molar-refractivity contribution is 0.193. The molecule has 1 aliphatic heterocycles. The number of piperazine rings is 1. The summed E-state index contributed by atoms with van der Waals surface area (Å²) in [6.07, 6.45) is 1.75. The van der Waals surface area contributed by atoms with E-state index in [2.05, 4.69) is 29.4 Å². The zero-order valence-electron chi connectivity index (χ0n) is 13.1. The van der Waals surface area contributed by atoms with Crippen LogP contribution in [0.4, 0.5) is 10.8 Å². The van der Waals surface area contributed by atoms with Gasteiger partial charge in [0.1, 0.15) is 0 Å². The van der Waals surface area contributed by atoms with E-state index in [0.29, 0.717) is 30.9 Å². The molecule has 0 aromatic carbocycles. The molecule has 0 atom stereocenters. The van der Waals surface area contributed by atoms with Crippen molar-refractivity contribution in [1.29, 1.82) is 0 Å². The van der Waals surface area contributed by atoms with E-state index < -0.39 is 0 Å². The summed E-state index contributed by atoms with van der Waals surface area (Å²) in [5.41, 5.74) is 0. The SMILES string of the molecule is CCc1nnc(N2CCN(C(=O)NCCC(C)C)CC2)o1. The summed E-state index contributed by atoms with van der Waals surface area (Å²) in [6.45, 7) is 9.83. The van der Waals surface area contributed by atoms with Gasteiger partial charge < -0.3 is 19.5 Å². The molecule has 0 saturated carbocycles. The predicted octanol–water partition coefficient (Wildman–Crippen LogP) is 1.51. The van der Waals surface area contributed by atoms with Crippen LogP contribution >= 0.6 is 0 Å². The highest BCUT2D eigenvalue weighted by Crippen LogP contribution is 2.15. The third-order valence-corrected chi connectivity index (χ3v) is 3.59. The molecule has 118 valence electrons. The van der Waals surface area contributed by atoms with Gasteiger partial charge in [0.2, 0.25) is 5.89 Å². The molecule has 7 heteroatoms. The highest BCUT2D eigenvalue weighted by atomic mass is 16.4. The fourth-order valence-corrected chi connectivity index (χ4v) is 2.20. The smallest absolute Gasteiger partial charge is 0.318 e. The van der Waals surface area contributed by atoms with Crippen molar-refractivity contribution in [1.82, 2.24) is 20.4 Å². The lowest BCUT2D eigenvalue weighted by atomic mass is 10.1. The van der Waals surface area contributed by atoms with Crippen molar-refractivity contribution in [2.24, 2.45) is 5.92 Å². The van der Waals surface area contributed by atoms with Crippen LogP contribution in [-0.4, -0.2) is 53.9 Å². The molecule has 0 bridgehead atoms. The molecular weight excluding hydrogens is 270 g/mol. The number of anilines is 1. The number of rotatable bonds is 5. The van der Waals surface area contributed by atoms with Crippen molar-refractivity contribution in [2.75, 3.05) is 37.6 Å². The first-order chi connectivity index (χ1) is 10.1. The Morgan fingerprint density at radius 1 is 1.29 bits per heavy atom. The zero-order chi connectivity index (χ0) is 15.2. The number of amides is 2. The monoisotopic (exact) mass is 295 g/mol. The van der Waals surface area contributed by atoms with E-state index in [0.717, 1.165) is 32.5 Å². The van der Waals surface area contributed by atoms with Crippen molar-refractivity contribution >= 4 is 12.0 Å². The van der Waals surface area contributed by atoms with Gasteiger partial charge in [0.25, 0.3) is 0 Å². The van der Waals surface area contributed by atoms with E-state index in [1.54, 1.807) is 0 Å². The van der Waals surface area contributed by atoms with Crippen LogP contribution in [0, 0.1) is 5.92 Å². The van der Waals surface area contributed by atoms with Crippen molar-refractivity contribution in [3.05, 3.63) is 5.89 Å². The Labute approximate surface area is 125 Å². The fraction of sp³-hybridized carbons (Fsp3) is 0.786. The molecule has 1 N–H and O–H groups in total. The molecule has 21 heavy (non-hydrogen) atoms. The van der Waals surface area contributed by atoms with Crippen molar-refractivity contribution in [3.8, 4) is 0 Å². The van der Waals surface area contributed by atoms with Crippen LogP contribution in [0.3, 0.4) is 0 Å². The van der Waals surface area contributed by atoms with Crippen LogP contribution in [0.25, 0.3) is 0 Å². The van der Waals surface area contributed by atoms with Crippen LogP contribution in [0.1, 0.15) is 33.1 Å². The van der Waals surface area contributed by atoms with Gasteiger partial charge in [-0.25, -0.2) is 4.79 Å². The van der Waals surface area contributed by atoms with E-state index in [1.807, 2.05) is 16.7 Å². The highest BCUT2D eigenvalue weighted by Gasteiger charge is 2.23. The maximum absolute atomic E-state index is 12.0. The minimum atomic E-state index is 0.0232. The van der Waals surface area contributed by atoms with E-state index >= 15 is 0 Å². The molecule has 0 aliphatic carbocycles. The third kappa shape index (κ3) is 4.34. The van der Waals surface area contributed by atoms with E-state index in [1.165, 1.54) is 0 Å². The summed E-state index contributed by atoms with van der Waals surface area (Å²) in [6, 6.07) is 0.585. The van der Waals surface area contributed by atoms with Gasteiger partial charge in [0, 0.05) is 39.1 Å². The minimum absolute atomic E-state index is 0.0232. The number of hydrogen-bond acceptors (Lipinski definition) is 5. The van der Waals surface area contributed by atoms with Gasteiger partial charge in [-0.05, 0) is 12.3 Å². The maximum atomic E-state index is 12.0. The molecule has 1 aromatic rings. The Hall–Kier alpha value is -1.79. The number of aryl methyl sites for hydroxylation is 1. The average molecular weight is 295 g/mol. The van der Waals surface area contributed by atoms with Crippen LogP contribution in [0.5, 0.6) is 0 Å². The molecular formula is C14H25N5O2. The number of nitrogens with one attached hydrogen (secondary N) is 1. The van der Waals surface area contributed by atoms with E-state index in [-0.39, 0.29) is 6.03 Å². The quantitative estimate of drug-likeness (QED) is 0.891. The number of carbonyl (C=O) groups excluding carboxylic acids is 1. The second-order valence-electron chi connectivity index (χ2n) is 5.72. The number of hydrogen-bond donors (Lipinski definition) is 1. The highest BCUT2D eigenvalue weighted by molar-refractivity contribution is 5.74. The molecule has 2 rings (SSSR count). The molecule has 1 aliphatic rings. The largest absolute Gasteiger partial charge is 0.408 e. The fourth-order valence-electron chi connectivity index (χ4n) is 2.20. The molecule has 2 heterocycles. The molecule has 1 saturated heterocycles. The summed E-state index contributed by atoms with van der Waals surface area (Å²) < 4.78 is 5.54. The predicted molar refractivity (Wildman–Crippen MR) is 80.3 cm³/mol. The molecule has 0 radical (unpaired) electrons. The summed E-state index contributed by atoms with van der Waals surface area (Å²) in [4.78, 5) is 15.9. The number of nitrogens with zero attached hydrogens (tertiary/aromatic N) is 4. The van der Waals surface area contributed by atoms with Crippen molar-refractivity contribution in [2.45, 2.75) is 33.6 Å². The molecule has 0 unspecified atom stereocenters. The average Bonchev–Trinajstić information content (AvgIpc) is 2.96. The Morgan fingerprint density at radius 2 is 2.00 bits per heavy atom. The summed E-state index contributed by atoms with van der Waals surface area (Å²) >= 11 is 0. The van der Waals surface area contributed by atoms with Gasteiger partial charge in [-0.2, -0.15) is 0 Å². The molecule has 0 spiro atoms. The van der Waals surface area contributed by atoms with Crippen LogP contribution in [0.15, 0.2) is 4.42 Å². The first kappa shape index (κ1) is 15.6. The van der Waals surface area contributed by atoms with Gasteiger partial charge in [0.15, 0.2) is 0 Å². The lowest BCUT2D eigenvalue weighted by Gasteiger charge is -2.33. The third-order valence-electron chi connectivity index (χ3n) is 3.59. The zero-order valence-corrected chi connectivity index (χ0v) is 13.1. The lowest BCUT2D eigenvalue weighted by Crippen LogP contribution is -2.52. The maximum Gasteiger partial charge on any atom is 0.318 e. The van der Waals surface area contributed by atoms with Crippen molar-refractivity contribution in [3.63, 3.8) is 0 Å². The van der Waals surface area contributed by atoms with Gasteiger partial charge in [-0.15, -0.1) is 5.10 Å². The van der Waals surface area contributed by atoms with Crippen LogP contribution in [-0.2, 0) is 6.42 Å². The Balaban J connectivity index is 1.76. The normalized spacial score (nSPS) is 15.6. The molecule has 1 aromatic heterocycles. The first-order valence-corrected chi connectivity index (χ1v) is 7.70. The van der Waals surface area contributed by atoms with E-state index in [9.17, 15) is 4.79 Å². The number of urea groups is 1. The standard InChI is InChI=1S/C14H25N5O2/c1-4-12-16-17-14(21-12)19-9-7-18(8-10-19)13(20)15-6-5-11(2)3/h11H,4-10H2,1-3H3,(H,15,20). The topological polar surface area (TPSA) is 74.5 Å². The number of aromatic nitrogens is 2. The Morgan fingerprint density at radius 3 is 2.57 bits per heavy atom. The second-order valence-corrected chi connectivity index (χ2v) is 5.72. The second kappa shape index (κ2) is 7.28. The minimum Gasteiger partial charge on any atom is -0.408 e. The Kier molecular flexibility index (Phi) is 5.41. The molecule has 7 nitrogen and oxygen atoms in total. The van der Waals surface area contributed by atoms with Crippen LogP contribution < -0.4 is 10.2 Å². The Bertz CT molecular complexity index is 452. The number of carbonyl (C=O) groups is 1. The summed E-state index contributed by atoms with van der Waals surface area (Å²) in [5.74, 6) is 1.26. The summed E-state index contributed by atoms with van der Waals surface area (Å²) in [7, 11) is 0. The van der Waals surface area contributed by atoms with Gasteiger partial charge in [-0.1, -0.05) is 25.9 Å². The van der Waals surface area contributed by atoms with Gasteiger partial charge in [0.05, 0.1) is 0 Å². The molecule has 2 amide bonds.